The van der Waals surface area contributed by atoms with E-state index in [1.165, 1.54) is 0 Å². The van der Waals surface area contributed by atoms with Crippen molar-refractivity contribution in [1.82, 2.24) is 5.32 Å². The van der Waals surface area contributed by atoms with Crippen LogP contribution in [0, 0.1) is 0 Å². The van der Waals surface area contributed by atoms with Gasteiger partial charge in [0.2, 0.25) is 0 Å². The first-order valence-electron chi connectivity index (χ1n) is 7.90. The summed E-state index contributed by atoms with van der Waals surface area (Å²) in [7, 11) is 0. The smallest absolute Gasteiger partial charge is 0.251 e. The van der Waals surface area contributed by atoms with Gasteiger partial charge in [0.15, 0.2) is 0 Å². The minimum atomic E-state index is -0.0835. The van der Waals surface area contributed by atoms with Gasteiger partial charge in [0.05, 0.1) is 19.8 Å². The maximum absolute atomic E-state index is 12.0. The third kappa shape index (κ3) is 5.11. The molecule has 0 saturated heterocycles. The Kier molecular flexibility index (Phi) is 6.63. The van der Waals surface area contributed by atoms with Crippen LogP contribution in [0.5, 0.6) is 5.75 Å². The summed E-state index contributed by atoms with van der Waals surface area (Å²) in [6.45, 7) is 5.94. The molecule has 0 aliphatic rings. The Morgan fingerprint density at radius 2 is 1.83 bits per heavy atom. The molecule has 0 atom stereocenters. The predicted molar refractivity (Wildman–Crippen MR) is 90.6 cm³/mol. The molecule has 4 nitrogen and oxygen atoms in total. The first kappa shape index (κ1) is 17.0. The van der Waals surface area contributed by atoms with Gasteiger partial charge in [0.25, 0.3) is 5.91 Å². The van der Waals surface area contributed by atoms with Gasteiger partial charge in [0, 0.05) is 17.7 Å². The van der Waals surface area contributed by atoms with Crippen molar-refractivity contribution in [2.45, 2.75) is 27.1 Å². The molecule has 2 rings (SSSR count). The van der Waals surface area contributed by atoms with Crippen LogP contribution < -0.4 is 10.1 Å². The molecule has 0 aromatic heterocycles. The summed E-state index contributed by atoms with van der Waals surface area (Å²) in [5, 5.41) is 2.80. The standard InChI is InChI=1S/C19H23NO3/c1-3-20-19(21)16-10-11-18(23-4-2)17(12-16)14-22-13-15-8-6-5-7-9-15/h5-12H,3-4,13-14H2,1-2H3,(H,20,21). The summed E-state index contributed by atoms with van der Waals surface area (Å²) in [6.07, 6.45) is 0. The lowest BCUT2D eigenvalue weighted by molar-refractivity contribution is 0.0953. The summed E-state index contributed by atoms with van der Waals surface area (Å²) >= 11 is 0. The molecule has 0 unspecified atom stereocenters. The van der Waals surface area contributed by atoms with Crippen molar-refractivity contribution in [3.63, 3.8) is 0 Å². The van der Waals surface area contributed by atoms with E-state index < -0.39 is 0 Å². The van der Waals surface area contributed by atoms with Crippen molar-refractivity contribution in [2.24, 2.45) is 0 Å². The number of amides is 1. The summed E-state index contributed by atoms with van der Waals surface area (Å²) < 4.78 is 11.4. The highest BCUT2D eigenvalue weighted by molar-refractivity contribution is 5.94. The molecule has 0 bridgehead atoms. The average Bonchev–Trinajstić information content (AvgIpc) is 2.57. The van der Waals surface area contributed by atoms with Crippen LogP contribution in [-0.2, 0) is 18.0 Å². The molecular weight excluding hydrogens is 290 g/mol. The molecule has 0 spiro atoms. The quantitative estimate of drug-likeness (QED) is 0.810. The van der Waals surface area contributed by atoms with Crippen molar-refractivity contribution >= 4 is 5.91 Å². The van der Waals surface area contributed by atoms with Crippen LogP contribution in [0.4, 0.5) is 0 Å². The molecule has 0 aliphatic carbocycles. The van der Waals surface area contributed by atoms with Gasteiger partial charge in [-0.1, -0.05) is 30.3 Å². The molecule has 1 amide bonds. The van der Waals surface area contributed by atoms with Crippen molar-refractivity contribution in [3.8, 4) is 5.75 Å². The monoisotopic (exact) mass is 313 g/mol. The zero-order chi connectivity index (χ0) is 16.5. The number of ether oxygens (including phenoxy) is 2. The van der Waals surface area contributed by atoms with E-state index in [-0.39, 0.29) is 5.91 Å². The fourth-order valence-electron chi connectivity index (χ4n) is 2.25. The lowest BCUT2D eigenvalue weighted by atomic mass is 10.1. The molecule has 2 aromatic carbocycles. The zero-order valence-electron chi connectivity index (χ0n) is 13.7. The van der Waals surface area contributed by atoms with Crippen LogP contribution in [0.1, 0.15) is 35.3 Å². The van der Waals surface area contributed by atoms with Crippen LogP contribution in [0.25, 0.3) is 0 Å². The normalized spacial score (nSPS) is 10.3. The second-order valence-electron chi connectivity index (χ2n) is 5.09. The van der Waals surface area contributed by atoms with Crippen LogP contribution in [0.2, 0.25) is 0 Å². The summed E-state index contributed by atoms with van der Waals surface area (Å²) in [4.78, 5) is 12.0. The Morgan fingerprint density at radius 3 is 2.52 bits per heavy atom. The van der Waals surface area contributed by atoms with E-state index in [1.54, 1.807) is 6.07 Å². The Hall–Kier alpha value is -2.33. The fourth-order valence-corrected chi connectivity index (χ4v) is 2.25. The van der Waals surface area contributed by atoms with Gasteiger partial charge < -0.3 is 14.8 Å². The van der Waals surface area contributed by atoms with Crippen LogP contribution in [-0.4, -0.2) is 19.1 Å². The molecule has 0 radical (unpaired) electrons. The highest BCUT2D eigenvalue weighted by atomic mass is 16.5. The molecule has 1 N–H and O–H groups in total. The van der Waals surface area contributed by atoms with E-state index in [2.05, 4.69) is 5.32 Å². The van der Waals surface area contributed by atoms with Crippen LogP contribution in [0.3, 0.4) is 0 Å². The van der Waals surface area contributed by atoms with E-state index in [0.717, 1.165) is 16.9 Å². The number of hydrogen-bond donors (Lipinski definition) is 1. The highest BCUT2D eigenvalue weighted by Crippen LogP contribution is 2.22. The maximum atomic E-state index is 12.0. The summed E-state index contributed by atoms with van der Waals surface area (Å²) in [6, 6.07) is 15.4. The van der Waals surface area contributed by atoms with Gasteiger partial charge >= 0.3 is 0 Å². The summed E-state index contributed by atoms with van der Waals surface area (Å²) in [5.41, 5.74) is 2.62. The average molecular weight is 313 g/mol. The molecule has 0 heterocycles. The molecule has 2 aromatic rings. The molecule has 122 valence electrons. The van der Waals surface area contributed by atoms with Crippen molar-refractivity contribution in [2.75, 3.05) is 13.2 Å². The first-order chi connectivity index (χ1) is 11.2. The Bertz CT molecular complexity index is 626. The Labute approximate surface area is 137 Å². The number of carbonyl (C=O) groups excluding carboxylic acids is 1. The lowest BCUT2D eigenvalue weighted by Crippen LogP contribution is -2.22. The molecular formula is C19H23NO3. The second-order valence-corrected chi connectivity index (χ2v) is 5.09. The van der Waals surface area contributed by atoms with E-state index in [1.807, 2.05) is 56.3 Å². The minimum Gasteiger partial charge on any atom is -0.494 e. The number of hydrogen-bond acceptors (Lipinski definition) is 3. The van der Waals surface area contributed by atoms with Crippen molar-refractivity contribution in [3.05, 3.63) is 65.2 Å². The number of benzene rings is 2. The third-order valence-electron chi connectivity index (χ3n) is 3.33. The molecule has 4 heteroatoms. The van der Waals surface area contributed by atoms with Gasteiger partial charge in [-0.05, 0) is 37.6 Å². The topological polar surface area (TPSA) is 47.6 Å². The molecule has 0 saturated carbocycles. The van der Waals surface area contributed by atoms with Crippen molar-refractivity contribution < 1.29 is 14.3 Å². The number of carbonyl (C=O) groups is 1. The SMILES string of the molecule is CCNC(=O)c1ccc(OCC)c(COCc2ccccc2)c1. The van der Waals surface area contributed by atoms with Crippen LogP contribution in [0.15, 0.2) is 48.5 Å². The Morgan fingerprint density at radius 1 is 1.04 bits per heavy atom. The minimum absolute atomic E-state index is 0.0835. The predicted octanol–water partition coefficient (Wildman–Crippen LogP) is 3.55. The molecule has 0 aliphatic heterocycles. The third-order valence-corrected chi connectivity index (χ3v) is 3.33. The second kappa shape index (κ2) is 8.96. The lowest BCUT2D eigenvalue weighted by Gasteiger charge is -2.13. The Balaban J connectivity index is 2.07. The largest absolute Gasteiger partial charge is 0.494 e. The van der Waals surface area contributed by atoms with E-state index in [4.69, 9.17) is 9.47 Å². The molecule has 0 fully saturated rings. The van der Waals surface area contributed by atoms with E-state index in [0.29, 0.717) is 31.9 Å². The first-order valence-corrected chi connectivity index (χ1v) is 7.90. The van der Waals surface area contributed by atoms with Crippen LogP contribution >= 0.6 is 0 Å². The fraction of sp³-hybridized carbons (Fsp3) is 0.316. The number of rotatable bonds is 8. The van der Waals surface area contributed by atoms with Gasteiger partial charge in [0.1, 0.15) is 5.75 Å². The highest BCUT2D eigenvalue weighted by Gasteiger charge is 2.10. The summed E-state index contributed by atoms with van der Waals surface area (Å²) in [5.74, 6) is 0.675. The van der Waals surface area contributed by atoms with E-state index in [9.17, 15) is 4.79 Å². The van der Waals surface area contributed by atoms with Gasteiger partial charge in [-0.2, -0.15) is 0 Å². The van der Waals surface area contributed by atoms with Gasteiger partial charge in [-0.3, -0.25) is 4.79 Å². The zero-order valence-corrected chi connectivity index (χ0v) is 13.7. The van der Waals surface area contributed by atoms with Crippen molar-refractivity contribution in [1.29, 1.82) is 0 Å². The van der Waals surface area contributed by atoms with E-state index >= 15 is 0 Å². The van der Waals surface area contributed by atoms with Gasteiger partial charge in [-0.15, -0.1) is 0 Å². The van der Waals surface area contributed by atoms with Gasteiger partial charge in [-0.25, -0.2) is 0 Å². The maximum Gasteiger partial charge on any atom is 0.251 e. The molecule has 23 heavy (non-hydrogen) atoms. The number of nitrogens with one attached hydrogen (secondary N) is 1.